The van der Waals surface area contributed by atoms with Crippen LogP contribution in [0, 0.1) is 5.92 Å². The van der Waals surface area contributed by atoms with E-state index < -0.39 is 0 Å². The highest BCUT2D eigenvalue weighted by atomic mass is 35.5. The number of aliphatic hydroxyl groups is 1. The van der Waals surface area contributed by atoms with Crippen LogP contribution in [0.1, 0.15) is 6.92 Å². The van der Waals surface area contributed by atoms with E-state index in [2.05, 4.69) is 10.3 Å². The number of halogens is 2. The van der Waals surface area contributed by atoms with Crippen molar-refractivity contribution in [3.05, 3.63) is 16.1 Å². The maximum Gasteiger partial charge on any atom is 0.145 e. The van der Waals surface area contributed by atoms with Gasteiger partial charge in [0.25, 0.3) is 0 Å². The van der Waals surface area contributed by atoms with Crippen LogP contribution in [0.2, 0.25) is 10.0 Å². The van der Waals surface area contributed by atoms with Gasteiger partial charge in [-0.3, -0.25) is 0 Å². The van der Waals surface area contributed by atoms with Gasteiger partial charge in [-0.25, -0.2) is 4.98 Å². The van der Waals surface area contributed by atoms with E-state index in [0.717, 1.165) is 10.8 Å². The van der Waals surface area contributed by atoms with Gasteiger partial charge in [-0.15, -0.1) is 11.8 Å². The van der Waals surface area contributed by atoms with Crippen LogP contribution in [-0.2, 0) is 0 Å². The first-order valence-corrected chi connectivity index (χ1v) is 6.60. The molecule has 90 valence electrons. The molecule has 1 unspecified atom stereocenters. The van der Waals surface area contributed by atoms with Gasteiger partial charge in [-0.1, -0.05) is 30.1 Å². The van der Waals surface area contributed by atoms with Crippen LogP contribution >= 0.6 is 35.0 Å². The van der Waals surface area contributed by atoms with Crippen LogP contribution < -0.4 is 5.32 Å². The summed E-state index contributed by atoms with van der Waals surface area (Å²) >= 11 is 13.5. The Labute approximate surface area is 110 Å². The molecular weight excluding hydrogens is 267 g/mol. The first-order chi connectivity index (χ1) is 7.58. The monoisotopic (exact) mass is 280 g/mol. The third kappa shape index (κ3) is 3.70. The largest absolute Gasteiger partial charge is 0.396 e. The van der Waals surface area contributed by atoms with Crippen molar-refractivity contribution < 1.29 is 5.11 Å². The Kier molecular flexibility index (Phi) is 5.69. The molecule has 0 radical (unpaired) electrons. The number of aliphatic hydroxyl groups excluding tert-OH is 1. The normalized spacial score (nSPS) is 12.6. The Bertz CT molecular complexity index is 363. The van der Waals surface area contributed by atoms with E-state index in [1.807, 2.05) is 6.92 Å². The summed E-state index contributed by atoms with van der Waals surface area (Å²) in [5.74, 6) is 1.61. The third-order valence-electron chi connectivity index (χ3n) is 1.95. The van der Waals surface area contributed by atoms with Crippen LogP contribution in [0.5, 0.6) is 0 Å². The maximum atomic E-state index is 8.93. The molecule has 0 saturated heterocycles. The highest BCUT2D eigenvalue weighted by molar-refractivity contribution is 7.99. The van der Waals surface area contributed by atoms with E-state index in [9.17, 15) is 0 Å². The van der Waals surface area contributed by atoms with Crippen molar-refractivity contribution in [2.24, 2.45) is 5.92 Å². The van der Waals surface area contributed by atoms with Gasteiger partial charge in [0.05, 0.1) is 10.0 Å². The molecule has 0 aliphatic carbocycles. The van der Waals surface area contributed by atoms with Gasteiger partial charge in [0.2, 0.25) is 0 Å². The Morgan fingerprint density at radius 3 is 2.75 bits per heavy atom. The lowest BCUT2D eigenvalue weighted by molar-refractivity contribution is 0.250. The Morgan fingerprint density at radius 1 is 1.50 bits per heavy atom. The smallest absolute Gasteiger partial charge is 0.145 e. The van der Waals surface area contributed by atoms with E-state index in [0.29, 0.717) is 15.9 Å². The minimum atomic E-state index is 0.164. The lowest BCUT2D eigenvalue weighted by Gasteiger charge is -2.10. The molecule has 2 N–H and O–H groups in total. The van der Waals surface area contributed by atoms with E-state index in [1.54, 1.807) is 13.1 Å². The van der Waals surface area contributed by atoms with E-state index in [4.69, 9.17) is 28.3 Å². The predicted octanol–water partition coefficient (Wildman–Crippen LogP) is 3.15. The molecule has 0 amide bonds. The number of hydrogen-bond acceptors (Lipinski definition) is 4. The number of anilines is 1. The van der Waals surface area contributed by atoms with Gasteiger partial charge in [0.15, 0.2) is 0 Å². The lowest BCUT2D eigenvalue weighted by atomic mass is 10.2. The molecule has 0 aliphatic rings. The average Bonchev–Trinajstić information content (AvgIpc) is 2.27. The molecule has 0 aromatic carbocycles. The molecule has 6 heteroatoms. The molecular formula is C10H14Cl2N2OS. The van der Waals surface area contributed by atoms with Gasteiger partial charge in [0.1, 0.15) is 10.8 Å². The van der Waals surface area contributed by atoms with Crippen molar-refractivity contribution in [3.8, 4) is 0 Å². The van der Waals surface area contributed by atoms with Gasteiger partial charge in [-0.05, 0) is 12.0 Å². The zero-order valence-electron chi connectivity index (χ0n) is 9.13. The zero-order chi connectivity index (χ0) is 12.1. The van der Waals surface area contributed by atoms with Crippen LogP contribution in [0.15, 0.2) is 11.1 Å². The molecule has 1 atom stereocenters. The highest BCUT2D eigenvalue weighted by Crippen LogP contribution is 2.32. The molecule has 0 spiro atoms. The molecule has 3 nitrogen and oxygen atoms in total. The van der Waals surface area contributed by atoms with Crippen molar-refractivity contribution >= 4 is 40.8 Å². The van der Waals surface area contributed by atoms with Crippen molar-refractivity contribution in [2.45, 2.75) is 11.9 Å². The van der Waals surface area contributed by atoms with Gasteiger partial charge in [0, 0.05) is 19.4 Å². The molecule has 0 saturated carbocycles. The molecule has 0 fully saturated rings. The third-order valence-corrected chi connectivity index (χ3v) is 3.96. The first-order valence-electron chi connectivity index (χ1n) is 4.86. The Hall–Kier alpha value is -0.160. The number of thioether (sulfide) groups is 1. The Morgan fingerprint density at radius 2 is 2.19 bits per heavy atom. The molecule has 1 heterocycles. The van der Waals surface area contributed by atoms with Crippen LogP contribution in [-0.4, -0.2) is 29.5 Å². The molecule has 1 rings (SSSR count). The minimum Gasteiger partial charge on any atom is -0.396 e. The number of aromatic nitrogens is 1. The number of nitrogens with zero attached hydrogens (tertiary/aromatic N) is 1. The van der Waals surface area contributed by atoms with E-state index >= 15 is 0 Å². The first kappa shape index (κ1) is 13.9. The van der Waals surface area contributed by atoms with Crippen molar-refractivity contribution in [1.82, 2.24) is 4.98 Å². The summed E-state index contributed by atoms with van der Waals surface area (Å²) < 4.78 is 0. The fourth-order valence-corrected chi connectivity index (χ4v) is 2.52. The number of hydrogen-bond donors (Lipinski definition) is 2. The van der Waals surface area contributed by atoms with E-state index in [-0.39, 0.29) is 12.5 Å². The van der Waals surface area contributed by atoms with Gasteiger partial charge >= 0.3 is 0 Å². The summed E-state index contributed by atoms with van der Waals surface area (Å²) in [4.78, 5) is 4.30. The van der Waals surface area contributed by atoms with Crippen molar-refractivity contribution in [2.75, 3.05) is 24.7 Å². The fourth-order valence-electron chi connectivity index (χ4n) is 1.00. The van der Waals surface area contributed by atoms with Gasteiger partial charge in [-0.2, -0.15) is 0 Å². The molecule has 16 heavy (non-hydrogen) atoms. The van der Waals surface area contributed by atoms with Gasteiger partial charge < -0.3 is 10.4 Å². The SMILES string of the molecule is CNc1nc(SCC(C)CO)c(Cl)cc1Cl. The number of pyridine rings is 1. The second kappa shape index (κ2) is 6.55. The zero-order valence-corrected chi connectivity index (χ0v) is 11.5. The lowest BCUT2D eigenvalue weighted by Crippen LogP contribution is -2.04. The molecule has 1 aromatic heterocycles. The summed E-state index contributed by atoms with van der Waals surface area (Å²) in [6, 6.07) is 1.67. The quantitative estimate of drug-likeness (QED) is 0.814. The van der Waals surface area contributed by atoms with Crippen molar-refractivity contribution in [1.29, 1.82) is 0 Å². The van der Waals surface area contributed by atoms with Crippen molar-refractivity contribution in [3.63, 3.8) is 0 Å². The summed E-state index contributed by atoms with van der Waals surface area (Å²) in [6.07, 6.45) is 0. The standard InChI is InChI=1S/C10H14Cl2N2OS/c1-6(4-15)5-16-10-8(12)3-7(11)9(13-2)14-10/h3,6,15H,4-5H2,1-2H3,(H,13,14). The number of rotatable bonds is 5. The van der Waals surface area contributed by atoms with Crippen LogP contribution in [0.25, 0.3) is 0 Å². The molecule has 0 aliphatic heterocycles. The molecule has 0 bridgehead atoms. The second-order valence-corrected chi connectivity index (χ2v) is 5.28. The maximum absolute atomic E-state index is 8.93. The van der Waals surface area contributed by atoms with Crippen LogP contribution in [0.3, 0.4) is 0 Å². The molecule has 1 aromatic rings. The fraction of sp³-hybridized carbons (Fsp3) is 0.500. The predicted molar refractivity (Wildman–Crippen MR) is 70.8 cm³/mol. The summed E-state index contributed by atoms with van der Waals surface area (Å²) in [7, 11) is 1.76. The van der Waals surface area contributed by atoms with E-state index in [1.165, 1.54) is 11.8 Å². The Balaban J connectivity index is 2.79. The summed E-state index contributed by atoms with van der Waals surface area (Å²) in [5, 5.41) is 13.6. The summed E-state index contributed by atoms with van der Waals surface area (Å²) in [5.41, 5.74) is 0. The number of nitrogens with one attached hydrogen (secondary N) is 1. The minimum absolute atomic E-state index is 0.164. The second-order valence-electron chi connectivity index (χ2n) is 3.45. The highest BCUT2D eigenvalue weighted by Gasteiger charge is 2.10. The van der Waals surface area contributed by atoms with Crippen LogP contribution in [0.4, 0.5) is 5.82 Å². The summed E-state index contributed by atoms with van der Waals surface area (Å²) in [6.45, 7) is 2.13. The average molecular weight is 281 g/mol. The topological polar surface area (TPSA) is 45.2 Å².